The number of phosphoric acid groups is 1. The van der Waals surface area contributed by atoms with Crippen molar-refractivity contribution < 1.29 is 37.6 Å². The van der Waals surface area contributed by atoms with E-state index >= 15 is 0 Å². The average Bonchev–Trinajstić information content (AvgIpc) is 3.49. The Hall–Kier alpha value is -1.51. The SMILES string of the molecule is CCCCCCCCCC/C=C\CCCCCCCCCCCCCCCCCCCCCCCCCCCCCCCC(=O)OC(COC(=O)CCCCCCCCCCCCCCCCCCCCC/C=C\CCCCCCCCCC)COP(=O)(O)OCCN. The predicted molar refractivity (Wildman–Crippen MR) is 404 cm³/mol. The lowest BCUT2D eigenvalue weighted by Gasteiger charge is -2.19. The lowest BCUT2D eigenvalue weighted by Crippen LogP contribution is -2.29. The number of phosphoric ester groups is 1. The molecule has 2 unspecified atom stereocenters. The van der Waals surface area contributed by atoms with Crippen LogP contribution in [0.2, 0.25) is 0 Å². The second-order valence-corrected chi connectivity index (χ2v) is 30.2. The summed E-state index contributed by atoms with van der Waals surface area (Å²) in [6.45, 7) is 3.84. The number of hydrogen-bond donors (Lipinski definition) is 2. The molecule has 3 N–H and O–H groups in total. The summed E-state index contributed by atoms with van der Waals surface area (Å²) in [6, 6.07) is 0. The van der Waals surface area contributed by atoms with Gasteiger partial charge in [-0.25, -0.2) is 4.57 Å². The minimum Gasteiger partial charge on any atom is -0.462 e. The van der Waals surface area contributed by atoms with E-state index in [1.807, 2.05) is 0 Å². The summed E-state index contributed by atoms with van der Waals surface area (Å²) in [6.07, 6.45) is 101. The van der Waals surface area contributed by atoms with E-state index in [1.165, 1.54) is 398 Å². The highest BCUT2D eigenvalue weighted by Gasteiger charge is 2.26. The van der Waals surface area contributed by atoms with Crippen LogP contribution in [-0.2, 0) is 32.7 Å². The van der Waals surface area contributed by atoms with E-state index in [0.29, 0.717) is 6.42 Å². The third kappa shape index (κ3) is 79.4. The largest absolute Gasteiger partial charge is 0.472 e. The molecule has 0 amide bonds. The summed E-state index contributed by atoms with van der Waals surface area (Å²) >= 11 is 0. The van der Waals surface area contributed by atoms with Gasteiger partial charge in [0.2, 0.25) is 0 Å². The summed E-state index contributed by atoms with van der Waals surface area (Å²) in [5, 5.41) is 0. The van der Waals surface area contributed by atoms with Gasteiger partial charge in [0, 0.05) is 19.4 Å². The number of ether oxygens (including phenoxy) is 2. The Bertz CT molecular complexity index is 1570. The van der Waals surface area contributed by atoms with Crippen LogP contribution >= 0.6 is 7.82 Å². The first-order chi connectivity index (χ1) is 45.8. The van der Waals surface area contributed by atoms with Gasteiger partial charge >= 0.3 is 19.8 Å². The maximum absolute atomic E-state index is 12.8. The average molecular weight is 1330 g/mol. The van der Waals surface area contributed by atoms with Crippen molar-refractivity contribution in [1.29, 1.82) is 0 Å². The van der Waals surface area contributed by atoms with Crippen molar-refractivity contribution >= 4 is 19.8 Å². The molecule has 0 rings (SSSR count). The maximum atomic E-state index is 12.8. The third-order valence-electron chi connectivity index (χ3n) is 19.3. The molecule has 10 heteroatoms. The molecule has 0 spiro atoms. The molecule has 0 aliphatic rings. The van der Waals surface area contributed by atoms with Crippen LogP contribution in [0.25, 0.3) is 0 Å². The molecule has 93 heavy (non-hydrogen) atoms. The monoisotopic (exact) mass is 1330 g/mol. The summed E-state index contributed by atoms with van der Waals surface area (Å²) < 4.78 is 33.3. The molecule has 0 aromatic rings. The van der Waals surface area contributed by atoms with E-state index in [4.69, 9.17) is 24.3 Å². The second kappa shape index (κ2) is 79.5. The Morgan fingerprint density at radius 1 is 0.312 bits per heavy atom. The highest BCUT2D eigenvalue weighted by Crippen LogP contribution is 2.43. The number of carbonyl (C=O) groups excluding carboxylic acids is 2. The number of allylic oxidation sites excluding steroid dienone is 4. The highest BCUT2D eigenvalue weighted by molar-refractivity contribution is 7.47. The van der Waals surface area contributed by atoms with E-state index in [-0.39, 0.29) is 38.6 Å². The molecule has 0 saturated heterocycles. The zero-order valence-corrected chi connectivity index (χ0v) is 63.4. The number of esters is 2. The van der Waals surface area contributed by atoms with Crippen molar-refractivity contribution in [3.63, 3.8) is 0 Å². The molecule has 0 saturated carbocycles. The van der Waals surface area contributed by atoms with Crippen molar-refractivity contribution in [1.82, 2.24) is 0 Å². The molecule has 2 atom stereocenters. The van der Waals surface area contributed by atoms with Gasteiger partial charge in [-0.1, -0.05) is 411 Å². The Balaban J connectivity index is 3.71. The van der Waals surface area contributed by atoms with Gasteiger partial charge < -0.3 is 20.1 Å². The van der Waals surface area contributed by atoms with Gasteiger partial charge in [0.1, 0.15) is 6.61 Å². The minimum atomic E-state index is -4.39. The zero-order chi connectivity index (χ0) is 67.2. The van der Waals surface area contributed by atoms with Crippen molar-refractivity contribution in [2.75, 3.05) is 26.4 Å². The minimum absolute atomic E-state index is 0.0575. The van der Waals surface area contributed by atoms with E-state index in [9.17, 15) is 19.0 Å². The fourth-order valence-corrected chi connectivity index (χ4v) is 13.9. The van der Waals surface area contributed by atoms with Crippen molar-refractivity contribution in [2.45, 2.75) is 469 Å². The van der Waals surface area contributed by atoms with E-state index < -0.39 is 26.5 Å². The van der Waals surface area contributed by atoms with Crippen LogP contribution in [0.1, 0.15) is 463 Å². The predicted octanol–water partition coefficient (Wildman–Crippen LogP) is 28.0. The summed E-state index contributed by atoms with van der Waals surface area (Å²) in [5.41, 5.74) is 5.42. The fourth-order valence-electron chi connectivity index (χ4n) is 13.1. The fraction of sp³-hybridized carbons (Fsp3) is 0.928. The van der Waals surface area contributed by atoms with Crippen LogP contribution < -0.4 is 5.73 Å². The van der Waals surface area contributed by atoms with Crippen LogP contribution in [0, 0.1) is 0 Å². The van der Waals surface area contributed by atoms with E-state index in [1.54, 1.807) is 0 Å². The van der Waals surface area contributed by atoms with Gasteiger partial charge in [-0.05, 0) is 64.2 Å². The van der Waals surface area contributed by atoms with Crippen LogP contribution in [-0.4, -0.2) is 49.3 Å². The second-order valence-electron chi connectivity index (χ2n) is 28.7. The quantitative estimate of drug-likeness (QED) is 0.0264. The molecule has 0 heterocycles. The Kier molecular flexibility index (Phi) is 78.2. The normalized spacial score (nSPS) is 12.9. The molecule has 0 bridgehead atoms. The Morgan fingerprint density at radius 2 is 0.527 bits per heavy atom. The van der Waals surface area contributed by atoms with Gasteiger partial charge in [0.05, 0.1) is 13.2 Å². The Labute approximate surface area is 580 Å². The number of unbranched alkanes of at least 4 members (excludes halogenated alkanes) is 64. The maximum Gasteiger partial charge on any atom is 0.472 e. The van der Waals surface area contributed by atoms with Gasteiger partial charge in [0.15, 0.2) is 6.10 Å². The van der Waals surface area contributed by atoms with Crippen molar-refractivity contribution in [3.05, 3.63) is 24.3 Å². The molecule has 0 radical (unpaired) electrons. The zero-order valence-electron chi connectivity index (χ0n) is 62.5. The molecule has 0 fully saturated rings. The molecule has 9 nitrogen and oxygen atoms in total. The van der Waals surface area contributed by atoms with Crippen LogP contribution in [0.3, 0.4) is 0 Å². The lowest BCUT2D eigenvalue weighted by molar-refractivity contribution is -0.161. The molecule has 0 aromatic heterocycles. The highest BCUT2D eigenvalue weighted by atomic mass is 31.2. The van der Waals surface area contributed by atoms with Crippen LogP contribution in [0.5, 0.6) is 0 Å². The number of carbonyl (C=O) groups is 2. The molecule has 0 aliphatic carbocycles. The van der Waals surface area contributed by atoms with Crippen LogP contribution in [0.4, 0.5) is 0 Å². The lowest BCUT2D eigenvalue weighted by atomic mass is 10.0. The van der Waals surface area contributed by atoms with Gasteiger partial charge in [-0.3, -0.25) is 18.6 Å². The Morgan fingerprint density at radius 3 is 0.763 bits per heavy atom. The third-order valence-corrected chi connectivity index (χ3v) is 20.3. The summed E-state index contributed by atoms with van der Waals surface area (Å²) in [4.78, 5) is 35.5. The van der Waals surface area contributed by atoms with E-state index in [2.05, 4.69) is 38.2 Å². The van der Waals surface area contributed by atoms with E-state index in [0.717, 1.165) is 32.1 Å². The topological polar surface area (TPSA) is 134 Å². The molecular weight excluding hydrogens is 1170 g/mol. The molecule has 0 aliphatic heterocycles. The molecular formula is C83H162NO8P. The van der Waals surface area contributed by atoms with Gasteiger partial charge in [-0.2, -0.15) is 0 Å². The standard InChI is InChI=1S/C83H162NO8P/c1-3-5-7-9-11-13-15-17-19-21-23-25-27-29-31-33-35-36-37-38-39-40-41-42-43-44-46-48-50-52-54-56-58-60-62-64-66-68-70-72-74-76-83(86)92-81(80-91-93(87,88)90-78-77-84)79-89-82(85)75-73-71-69-67-65-63-61-59-57-55-53-51-49-47-45-34-32-30-28-26-24-22-20-18-16-14-12-10-8-6-4-2/h21-24,81H,3-20,25-80,84H2,1-2H3,(H,87,88)/b23-21-,24-22-. The summed E-state index contributed by atoms with van der Waals surface area (Å²) in [7, 11) is -4.39. The smallest absolute Gasteiger partial charge is 0.462 e. The number of rotatable bonds is 81. The van der Waals surface area contributed by atoms with Crippen molar-refractivity contribution in [2.24, 2.45) is 5.73 Å². The van der Waals surface area contributed by atoms with Gasteiger partial charge in [-0.15, -0.1) is 0 Å². The molecule has 0 aromatic carbocycles. The number of hydrogen-bond acceptors (Lipinski definition) is 8. The van der Waals surface area contributed by atoms with Gasteiger partial charge in [0.25, 0.3) is 0 Å². The first kappa shape index (κ1) is 91.5. The number of nitrogens with two attached hydrogens (primary N) is 1. The first-order valence-corrected chi connectivity index (χ1v) is 43.3. The van der Waals surface area contributed by atoms with Crippen LogP contribution in [0.15, 0.2) is 24.3 Å². The summed E-state index contributed by atoms with van der Waals surface area (Å²) in [5.74, 6) is -0.798. The van der Waals surface area contributed by atoms with Crippen molar-refractivity contribution in [3.8, 4) is 0 Å². The first-order valence-electron chi connectivity index (χ1n) is 41.8. The molecule has 552 valence electrons.